The topological polar surface area (TPSA) is 15.3 Å². The largest absolute Gasteiger partial charge is 0.314 e. The van der Waals surface area contributed by atoms with E-state index < -0.39 is 0 Å². The fourth-order valence-electron chi connectivity index (χ4n) is 3.59. The van der Waals surface area contributed by atoms with Crippen molar-refractivity contribution in [3.63, 3.8) is 0 Å². The summed E-state index contributed by atoms with van der Waals surface area (Å²) in [5.41, 5.74) is 0.550. The Balaban J connectivity index is 1.41. The molecule has 0 aromatic rings. The summed E-state index contributed by atoms with van der Waals surface area (Å²) in [6, 6.07) is 1.65. The van der Waals surface area contributed by atoms with Crippen LogP contribution in [0.3, 0.4) is 0 Å². The summed E-state index contributed by atoms with van der Waals surface area (Å²) >= 11 is 2.17. The smallest absolute Gasteiger partial charge is 0.0191 e. The zero-order valence-corrected chi connectivity index (χ0v) is 13.5. The van der Waals surface area contributed by atoms with Gasteiger partial charge in [-0.05, 0) is 68.8 Å². The van der Waals surface area contributed by atoms with E-state index in [1.165, 1.54) is 63.2 Å². The van der Waals surface area contributed by atoms with Gasteiger partial charge in [-0.3, -0.25) is 4.90 Å². The zero-order chi connectivity index (χ0) is 13.3. The molecule has 2 nitrogen and oxygen atoms in total. The van der Waals surface area contributed by atoms with Crippen LogP contribution in [0.25, 0.3) is 0 Å². The molecule has 1 atom stereocenters. The molecule has 0 aromatic carbocycles. The van der Waals surface area contributed by atoms with E-state index in [0.717, 1.165) is 18.0 Å². The molecule has 1 aliphatic carbocycles. The molecule has 3 rings (SSSR count). The normalized spacial score (nSPS) is 33.5. The molecule has 0 aromatic heterocycles. The lowest BCUT2D eigenvalue weighted by Crippen LogP contribution is -2.50. The van der Waals surface area contributed by atoms with Gasteiger partial charge in [-0.25, -0.2) is 0 Å². The van der Waals surface area contributed by atoms with E-state index in [9.17, 15) is 0 Å². The van der Waals surface area contributed by atoms with Crippen molar-refractivity contribution in [2.45, 2.75) is 58.0 Å². The van der Waals surface area contributed by atoms with E-state index in [4.69, 9.17) is 0 Å². The van der Waals surface area contributed by atoms with Gasteiger partial charge in [-0.15, -0.1) is 0 Å². The molecule has 1 unspecified atom stereocenters. The first kappa shape index (κ1) is 14.2. The van der Waals surface area contributed by atoms with Gasteiger partial charge in [0.25, 0.3) is 0 Å². The molecule has 2 aliphatic heterocycles. The summed E-state index contributed by atoms with van der Waals surface area (Å²) in [4.78, 5) is 2.78. The Labute approximate surface area is 123 Å². The van der Waals surface area contributed by atoms with Crippen LogP contribution < -0.4 is 5.32 Å². The predicted molar refractivity (Wildman–Crippen MR) is 84.8 cm³/mol. The number of nitrogens with zero attached hydrogens (tertiary/aromatic N) is 1. The van der Waals surface area contributed by atoms with Crippen LogP contribution in [0, 0.1) is 11.3 Å². The Hall–Kier alpha value is 0.270. The second-order valence-electron chi connectivity index (χ2n) is 7.70. The van der Waals surface area contributed by atoms with Gasteiger partial charge in [0.05, 0.1) is 0 Å². The number of hydrogen-bond donors (Lipinski definition) is 1. The summed E-state index contributed by atoms with van der Waals surface area (Å²) in [6.45, 7) is 8.82. The molecule has 1 N–H and O–H groups in total. The first-order valence-electron chi connectivity index (χ1n) is 8.18. The highest BCUT2D eigenvalue weighted by Gasteiger charge is 2.33. The van der Waals surface area contributed by atoms with Crippen LogP contribution in [-0.4, -0.2) is 48.1 Å². The molecule has 0 amide bonds. The number of likely N-dealkylation sites (tertiary alicyclic amines) is 1. The average Bonchev–Trinajstić information content (AvgIpc) is 3.20. The van der Waals surface area contributed by atoms with E-state index in [1.807, 2.05) is 0 Å². The monoisotopic (exact) mass is 282 g/mol. The van der Waals surface area contributed by atoms with E-state index in [1.54, 1.807) is 0 Å². The molecule has 3 fully saturated rings. The SMILES string of the molecule is CC1(C)CSCC(N2CCC(NCC3CC3)CC2)C1. The summed E-state index contributed by atoms with van der Waals surface area (Å²) in [5, 5.41) is 3.79. The van der Waals surface area contributed by atoms with Crippen LogP contribution in [0.1, 0.15) is 46.0 Å². The maximum absolute atomic E-state index is 3.79. The summed E-state index contributed by atoms with van der Waals surface area (Å²) in [5.74, 6) is 3.74. The molecule has 0 spiro atoms. The second kappa shape index (κ2) is 5.95. The fraction of sp³-hybridized carbons (Fsp3) is 1.00. The van der Waals surface area contributed by atoms with E-state index in [0.29, 0.717) is 5.41 Å². The van der Waals surface area contributed by atoms with Crippen molar-refractivity contribution in [2.75, 3.05) is 31.1 Å². The quantitative estimate of drug-likeness (QED) is 0.853. The minimum absolute atomic E-state index is 0.550. The zero-order valence-electron chi connectivity index (χ0n) is 12.7. The lowest BCUT2D eigenvalue weighted by atomic mass is 9.86. The molecule has 2 heterocycles. The Morgan fingerprint density at radius 2 is 1.89 bits per heavy atom. The van der Waals surface area contributed by atoms with Gasteiger partial charge in [0, 0.05) is 17.8 Å². The second-order valence-corrected chi connectivity index (χ2v) is 8.73. The molecule has 110 valence electrons. The third-order valence-corrected chi connectivity index (χ3v) is 6.64. The predicted octanol–water partition coefficient (Wildman–Crippen LogP) is 2.98. The van der Waals surface area contributed by atoms with Crippen molar-refractivity contribution in [2.24, 2.45) is 11.3 Å². The fourth-order valence-corrected chi connectivity index (χ4v) is 4.97. The van der Waals surface area contributed by atoms with E-state index >= 15 is 0 Å². The van der Waals surface area contributed by atoms with Crippen molar-refractivity contribution in [3.05, 3.63) is 0 Å². The molecule has 0 radical (unpaired) electrons. The molecular formula is C16H30N2S. The van der Waals surface area contributed by atoms with Crippen molar-refractivity contribution < 1.29 is 0 Å². The van der Waals surface area contributed by atoms with Crippen LogP contribution >= 0.6 is 11.8 Å². The first-order valence-corrected chi connectivity index (χ1v) is 9.33. The average molecular weight is 282 g/mol. The molecule has 19 heavy (non-hydrogen) atoms. The summed E-state index contributed by atoms with van der Waals surface area (Å²) in [7, 11) is 0. The molecule has 0 bridgehead atoms. The molecular weight excluding hydrogens is 252 g/mol. The van der Waals surface area contributed by atoms with Crippen LogP contribution in [0.15, 0.2) is 0 Å². The lowest BCUT2D eigenvalue weighted by molar-refractivity contribution is 0.121. The van der Waals surface area contributed by atoms with Gasteiger partial charge in [0.2, 0.25) is 0 Å². The summed E-state index contributed by atoms with van der Waals surface area (Å²) < 4.78 is 0. The van der Waals surface area contributed by atoms with Gasteiger partial charge < -0.3 is 5.32 Å². The minimum atomic E-state index is 0.550. The lowest BCUT2D eigenvalue weighted by Gasteiger charge is -2.43. The summed E-state index contributed by atoms with van der Waals surface area (Å²) in [6.07, 6.45) is 7.09. The molecule has 2 saturated heterocycles. The standard InChI is InChI=1S/C16H30N2S/c1-16(2)9-15(11-19-12-16)18-7-5-14(6-8-18)17-10-13-3-4-13/h13-15,17H,3-12H2,1-2H3. The Morgan fingerprint density at radius 1 is 1.16 bits per heavy atom. The van der Waals surface area contributed by atoms with Gasteiger partial charge >= 0.3 is 0 Å². The maximum Gasteiger partial charge on any atom is 0.0191 e. The first-order chi connectivity index (χ1) is 9.12. The van der Waals surface area contributed by atoms with E-state index in [-0.39, 0.29) is 0 Å². The minimum Gasteiger partial charge on any atom is -0.314 e. The highest BCUT2D eigenvalue weighted by molar-refractivity contribution is 7.99. The third kappa shape index (κ3) is 4.12. The van der Waals surface area contributed by atoms with Crippen LogP contribution in [0.5, 0.6) is 0 Å². The Morgan fingerprint density at radius 3 is 2.53 bits per heavy atom. The maximum atomic E-state index is 3.79. The molecule has 3 heteroatoms. The third-order valence-electron chi connectivity index (χ3n) is 5.03. The van der Waals surface area contributed by atoms with Crippen molar-refractivity contribution in [1.82, 2.24) is 10.2 Å². The number of piperidine rings is 1. The molecule has 3 aliphatic rings. The number of rotatable bonds is 4. The Kier molecular flexibility index (Phi) is 4.45. The van der Waals surface area contributed by atoms with E-state index in [2.05, 4.69) is 35.8 Å². The van der Waals surface area contributed by atoms with Gasteiger partial charge in [-0.2, -0.15) is 11.8 Å². The molecule has 1 saturated carbocycles. The van der Waals surface area contributed by atoms with Crippen LogP contribution in [-0.2, 0) is 0 Å². The number of nitrogens with one attached hydrogen (secondary N) is 1. The number of hydrogen-bond acceptors (Lipinski definition) is 3. The van der Waals surface area contributed by atoms with Crippen molar-refractivity contribution in [1.29, 1.82) is 0 Å². The van der Waals surface area contributed by atoms with Crippen molar-refractivity contribution in [3.8, 4) is 0 Å². The van der Waals surface area contributed by atoms with Crippen LogP contribution in [0.4, 0.5) is 0 Å². The van der Waals surface area contributed by atoms with Crippen LogP contribution in [0.2, 0.25) is 0 Å². The van der Waals surface area contributed by atoms with Gasteiger partial charge in [0.1, 0.15) is 0 Å². The van der Waals surface area contributed by atoms with Gasteiger partial charge in [0.15, 0.2) is 0 Å². The van der Waals surface area contributed by atoms with Gasteiger partial charge in [-0.1, -0.05) is 13.8 Å². The Bertz CT molecular complexity index is 293. The highest BCUT2D eigenvalue weighted by Crippen LogP contribution is 2.36. The van der Waals surface area contributed by atoms with Crippen molar-refractivity contribution >= 4 is 11.8 Å². The highest BCUT2D eigenvalue weighted by atomic mass is 32.2. The number of thioether (sulfide) groups is 1.